The van der Waals surface area contributed by atoms with Gasteiger partial charge in [0.05, 0.1) is 23.6 Å². The molecule has 43 heavy (non-hydrogen) atoms. The molecule has 3 heterocycles. The Labute approximate surface area is 268 Å². The molecule has 0 bridgehead atoms. The summed E-state index contributed by atoms with van der Waals surface area (Å²) in [6, 6.07) is 0. The van der Waals surface area contributed by atoms with Gasteiger partial charge in [0.15, 0.2) is 18.9 Å². The van der Waals surface area contributed by atoms with E-state index in [2.05, 4.69) is 47.2 Å². The van der Waals surface area contributed by atoms with E-state index in [9.17, 15) is 4.79 Å². The van der Waals surface area contributed by atoms with E-state index >= 15 is 0 Å². The van der Waals surface area contributed by atoms with Gasteiger partial charge in [0, 0.05) is 38.6 Å². The molecule has 0 N–H and O–H groups in total. The van der Waals surface area contributed by atoms with Gasteiger partial charge in [-0.2, -0.15) is 0 Å². The fourth-order valence-electron chi connectivity index (χ4n) is 6.74. The molecule has 3 saturated heterocycles. The third-order valence-electron chi connectivity index (χ3n) is 9.21. The highest BCUT2D eigenvalue weighted by atomic mass is 79.9. The van der Waals surface area contributed by atoms with Gasteiger partial charge in [-0.1, -0.05) is 66.4 Å². The molecule has 0 aromatic rings. The van der Waals surface area contributed by atoms with Gasteiger partial charge in [-0.05, 0) is 83.0 Å². The van der Waals surface area contributed by atoms with Crippen LogP contribution in [-0.2, 0) is 33.2 Å². The van der Waals surface area contributed by atoms with Crippen LogP contribution in [0.25, 0.3) is 0 Å². The fraction of sp³-hybridized carbons (Fsp3) is 0.857. The standard InChI is InChI=1S/C35H57BrO7/c1-2-3-5-15-28(41-33-17-8-11-22-38-33)20-21-30-29(16-7-4-6-14-27(37)26-36)31(42-34-18-9-12-23-39-34)25-32(30)43-35-19-10-13-24-40-35/h4,7,20-21,28-35H,2-3,5-6,8-19,22-26H2,1H3/b7-4-,21-20+/t28?,29-,30-,31+,32-,33+,34?,35?/m1/s1. The quantitative estimate of drug-likeness (QED) is 0.0828. The minimum absolute atomic E-state index is 0.00328. The fourth-order valence-corrected chi connectivity index (χ4v) is 7.02. The maximum Gasteiger partial charge on any atom is 0.158 e. The number of hydrogen-bond acceptors (Lipinski definition) is 7. The molecule has 0 aromatic carbocycles. The second-order valence-electron chi connectivity index (χ2n) is 12.7. The molecule has 4 aliphatic rings. The second-order valence-corrected chi connectivity index (χ2v) is 13.2. The lowest BCUT2D eigenvalue weighted by Gasteiger charge is -2.30. The van der Waals surface area contributed by atoms with Crippen LogP contribution in [0.1, 0.15) is 116 Å². The maximum absolute atomic E-state index is 11.8. The summed E-state index contributed by atoms with van der Waals surface area (Å²) in [5, 5.41) is 0.420. The van der Waals surface area contributed by atoms with Crippen molar-refractivity contribution in [3.63, 3.8) is 0 Å². The number of allylic oxidation sites excluding steroid dienone is 2. The van der Waals surface area contributed by atoms with E-state index in [1.54, 1.807) is 0 Å². The summed E-state index contributed by atoms with van der Waals surface area (Å²) in [6.07, 6.45) is 25.9. The minimum Gasteiger partial charge on any atom is -0.353 e. The zero-order valence-corrected chi connectivity index (χ0v) is 28.1. The van der Waals surface area contributed by atoms with E-state index < -0.39 is 0 Å². The highest BCUT2D eigenvalue weighted by Crippen LogP contribution is 2.42. The first-order chi connectivity index (χ1) is 21.2. The Kier molecular flexibility index (Phi) is 16.8. The minimum atomic E-state index is -0.155. The van der Waals surface area contributed by atoms with Crippen LogP contribution in [0.15, 0.2) is 24.3 Å². The summed E-state index contributed by atoms with van der Waals surface area (Å²) in [7, 11) is 0. The number of hydrogen-bond donors (Lipinski definition) is 0. The maximum atomic E-state index is 11.8. The van der Waals surface area contributed by atoms with Crippen LogP contribution in [0.4, 0.5) is 0 Å². The lowest BCUT2D eigenvalue weighted by Crippen LogP contribution is -2.31. The summed E-state index contributed by atoms with van der Waals surface area (Å²) < 4.78 is 38.0. The van der Waals surface area contributed by atoms with Crippen LogP contribution >= 0.6 is 15.9 Å². The topological polar surface area (TPSA) is 72.5 Å². The number of unbranched alkanes of at least 4 members (excludes halogenated alkanes) is 2. The van der Waals surface area contributed by atoms with E-state index in [0.717, 1.165) is 110 Å². The first-order valence-electron chi connectivity index (χ1n) is 17.4. The highest BCUT2D eigenvalue weighted by molar-refractivity contribution is 9.09. The molecular weight excluding hydrogens is 612 g/mol. The third-order valence-corrected chi connectivity index (χ3v) is 9.84. The number of halogens is 1. The smallest absolute Gasteiger partial charge is 0.158 e. The highest BCUT2D eigenvalue weighted by Gasteiger charge is 2.45. The third kappa shape index (κ3) is 12.6. The molecule has 0 amide bonds. The van der Waals surface area contributed by atoms with Crippen LogP contribution < -0.4 is 0 Å². The summed E-state index contributed by atoms with van der Waals surface area (Å²) >= 11 is 3.28. The van der Waals surface area contributed by atoms with Crippen molar-refractivity contribution in [2.75, 3.05) is 25.2 Å². The van der Waals surface area contributed by atoms with Crippen molar-refractivity contribution in [3.05, 3.63) is 24.3 Å². The first kappa shape index (κ1) is 35.2. The number of rotatable bonds is 18. The molecule has 0 spiro atoms. The zero-order chi connectivity index (χ0) is 30.1. The second kappa shape index (κ2) is 20.5. The zero-order valence-electron chi connectivity index (χ0n) is 26.5. The number of ketones is 1. The number of alkyl halides is 1. The summed E-state index contributed by atoms with van der Waals surface area (Å²) in [6.45, 7) is 4.56. The van der Waals surface area contributed by atoms with Crippen molar-refractivity contribution in [3.8, 4) is 0 Å². The molecule has 1 saturated carbocycles. The van der Waals surface area contributed by atoms with Gasteiger partial charge >= 0.3 is 0 Å². The molecule has 8 atom stereocenters. The van der Waals surface area contributed by atoms with Crippen molar-refractivity contribution in [2.24, 2.45) is 11.8 Å². The van der Waals surface area contributed by atoms with E-state index in [4.69, 9.17) is 28.4 Å². The molecule has 4 rings (SSSR count). The van der Waals surface area contributed by atoms with E-state index in [0.29, 0.717) is 11.8 Å². The van der Waals surface area contributed by atoms with Gasteiger partial charge in [-0.3, -0.25) is 4.79 Å². The summed E-state index contributed by atoms with van der Waals surface area (Å²) in [5.41, 5.74) is 0. The predicted molar refractivity (Wildman–Crippen MR) is 172 cm³/mol. The van der Waals surface area contributed by atoms with E-state index in [-0.39, 0.29) is 54.8 Å². The monoisotopic (exact) mass is 668 g/mol. The predicted octanol–water partition coefficient (Wildman–Crippen LogP) is 8.18. The Bertz CT molecular complexity index is 817. The number of Topliss-reactive ketones (excluding diaryl/α,β-unsaturated/α-hetero) is 1. The van der Waals surface area contributed by atoms with Crippen LogP contribution in [-0.4, -0.2) is 68.1 Å². The van der Waals surface area contributed by atoms with Crippen molar-refractivity contribution < 1.29 is 33.2 Å². The Hall–Kier alpha value is -0.610. The molecule has 3 aliphatic heterocycles. The SMILES string of the molecule is CCCCCC(/C=C/[C@@H]1[C@@H](C/C=C\CCC(=O)CBr)[C@@H](OC2CCCCO2)C[C@H]1OC1CCCCO1)O[C@H]1CCCCO1. The molecule has 3 unspecified atom stereocenters. The van der Waals surface area contributed by atoms with Crippen LogP contribution in [0, 0.1) is 11.8 Å². The molecule has 4 fully saturated rings. The Balaban J connectivity index is 1.51. The van der Waals surface area contributed by atoms with Crippen LogP contribution in [0.2, 0.25) is 0 Å². The first-order valence-corrected chi connectivity index (χ1v) is 18.5. The summed E-state index contributed by atoms with van der Waals surface area (Å²) in [4.78, 5) is 11.8. The Morgan fingerprint density at radius 2 is 1.51 bits per heavy atom. The molecule has 0 aromatic heterocycles. The molecule has 7 nitrogen and oxygen atoms in total. The number of carbonyl (C=O) groups is 1. The Morgan fingerprint density at radius 1 is 0.860 bits per heavy atom. The van der Waals surface area contributed by atoms with Crippen molar-refractivity contribution in [1.29, 1.82) is 0 Å². The van der Waals surface area contributed by atoms with Gasteiger partial charge in [0.2, 0.25) is 0 Å². The van der Waals surface area contributed by atoms with Gasteiger partial charge in [-0.25, -0.2) is 0 Å². The van der Waals surface area contributed by atoms with E-state index in [1.807, 2.05) is 0 Å². The van der Waals surface area contributed by atoms with Crippen LogP contribution in [0.3, 0.4) is 0 Å². The molecule has 1 aliphatic carbocycles. The average Bonchev–Trinajstić information content (AvgIpc) is 3.35. The van der Waals surface area contributed by atoms with Crippen molar-refractivity contribution >= 4 is 21.7 Å². The van der Waals surface area contributed by atoms with E-state index in [1.165, 1.54) is 12.8 Å². The number of carbonyl (C=O) groups excluding carboxylic acids is 1. The molecular formula is C35H57BrO7. The normalized spacial score (nSPS) is 32.9. The molecule has 8 heteroatoms. The largest absolute Gasteiger partial charge is 0.353 e. The van der Waals surface area contributed by atoms with Gasteiger partial charge in [-0.15, -0.1) is 0 Å². The van der Waals surface area contributed by atoms with Gasteiger partial charge in [0.25, 0.3) is 0 Å². The lowest BCUT2D eigenvalue weighted by atomic mass is 9.89. The van der Waals surface area contributed by atoms with Gasteiger partial charge < -0.3 is 28.4 Å². The Morgan fingerprint density at radius 3 is 2.12 bits per heavy atom. The molecule has 0 radical (unpaired) electrons. The molecule has 246 valence electrons. The van der Waals surface area contributed by atoms with Gasteiger partial charge in [0.1, 0.15) is 5.78 Å². The lowest BCUT2D eigenvalue weighted by molar-refractivity contribution is -0.203. The summed E-state index contributed by atoms with van der Waals surface area (Å²) in [5.74, 6) is 0.636. The van der Waals surface area contributed by atoms with Crippen molar-refractivity contribution in [2.45, 2.75) is 153 Å². The average molecular weight is 670 g/mol. The number of ether oxygens (including phenoxy) is 6. The van der Waals surface area contributed by atoms with Crippen LogP contribution in [0.5, 0.6) is 0 Å². The van der Waals surface area contributed by atoms with Crippen molar-refractivity contribution in [1.82, 2.24) is 0 Å².